The van der Waals surface area contributed by atoms with E-state index in [4.69, 9.17) is 9.26 Å². The van der Waals surface area contributed by atoms with E-state index in [9.17, 15) is 9.18 Å². The van der Waals surface area contributed by atoms with Crippen molar-refractivity contribution in [3.63, 3.8) is 0 Å². The molecule has 1 aromatic heterocycles. The second kappa shape index (κ2) is 9.26. The zero-order valence-electron chi connectivity index (χ0n) is 17.7. The van der Waals surface area contributed by atoms with Gasteiger partial charge in [-0.1, -0.05) is 11.2 Å². The van der Waals surface area contributed by atoms with E-state index in [0.717, 1.165) is 11.3 Å². The van der Waals surface area contributed by atoms with Crippen LogP contribution >= 0.6 is 0 Å². The smallest absolute Gasteiger partial charge is 0.254 e. The van der Waals surface area contributed by atoms with Crippen LogP contribution in [0.25, 0.3) is 11.4 Å². The van der Waals surface area contributed by atoms with Gasteiger partial charge in [-0.15, -0.1) is 0 Å². The Labute approximate surface area is 180 Å². The van der Waals surface area contributed by atoms with Crippen molar-refractivity contribution in [1.82, 2.24) is 19.9 Å². The summed E-state index contributed by atoms with van der Waals surface area (Å²) in [5, 5.41) is 4.07. The molecule has 0 N–H and O–H groups in total. The van der Waals surface area contributed by atoms with Crippen molar-refractivity contribution in [2.75, 3.05) is 32.8 Å². The molecular formula is C23H25FN4O3. The number of benzene rings is 2. The summed E-state index contributed by atoms with van der Waals surface area (Å²) in [6, 6.07) is 12.2. The highest BCUT2D eigenvalue weighted by Gasteiger charge is 2.24. The van der Waals surface area contributed by atoms with Crippen molar-refractivity contribution < 1.29 is 18.4 Å². The normalized spacial score (nSPS) is 14.6. The van der Waals surface area contributed by atoms with E-state index in [1.807, 2.05) is 31.2 Å². The highest BCUT2D eigenvalue weighted by Crippen LogP contribution is 2.21. The largest absolute Gasteiger partial charge is 0.494 e. The van der Waals surface area contributed by atoms with Crippen molar-refractivity contribution in [2.45, 2.75) is 20.4 Å². The lowest BCUT2D eigenvalue weighted by Gasteiger charge is -2.34. The van der Waals surface area contributed by atoms with Crippen molar-refractivity contribution >= 4 is 5.91 Å². The second-order valence-electron chi connectivity index (χ2n) is 7.50. The molecule has 1 aliphatic heterocycles. The SMILES string of the molecule is CCOc1ccc(-c2noc(CN3CCN(C(=O)c4ccc(C)c(F)c4)CC3)n2)cc1. The molecule has 1 saturated heterocycles. The number of ether oxygens (including phenoxy) is 1. The summed E-state index contributed by atoms with van der Waals surface area (Å²) in [5.74, 6) is 1.37. The molecule has 4 rings (SSSR count). The molecule has 31 heavy (non-hydrogen) atoms. The fraction of sp³-hybridized carbons (Fsp3) is 0.348. The summed E-state index contributed by atoms with van der Waals surface area (Å²) in [4.78, 5) is 21.0. The van der Waals surface area contributed by atoms with Crippen molar-refractivity contribution in [2.24, 2.45) is 0 Å². The number of carbonyl (C=O) groups is 1. The van der Waals surface area contributed by atoms with Crippen LogP contribution in [0.1, 0.15) is 28.7 Å². The average Bonchev–Trinajstić information content (AvgIpc) is 3.25. The van der Waals surface area contributed by atoms with Crippen molar-refractivity contribution in [1.29, 1.82) is 0 Å². The van der Waals surface area contributed by atoms with Gasteiger partial charge in [-0.25, -0.2) is 4.39 Å². The Bertz CT molecular complexity index is 1040. The van der Waals surface area contributed by atoms with E-state index in [2.05, 4.69) is 15.0 Å². The monoisotopic (exact) mass is 424 g/mol. The van der Waals surface area contributed by atoms with E-state index in [0.29, 0.717) is 62.2 Å². The fourth-order valence-corrected chi connectivity index (χ4v) is 3.51. The third-order valence-electron chi connectivity index (χ3n) is 5.33. The standard InChI is InChI=1S/C23H25FN4O3/c1-3-30-19-8-6-17(7-9-19)22-25-21(31-26-22)15-27-10-12-28(13-11-27)23(29)18-5-4-16(2)20(24)14-18/h4-9,14H,3,10-13,15H2,1-2H3. The van der Waals surface area contributed by atoms with E-state index in [1.165, 1.54) is 6.07 Å². The first-order chi connectivity index (χ1) is 15.0. The second-order valence-corrected chi connectivity index (χ2v) is 7.50. The molecule has 0 bridgehead atoms. The first-order valence-corrected chi connectivity index (χ1v) is 10.4. The maximum Gasteiger partial charge on any atom is 0.254 e. The summed E-state index contributed by atoms with van der Waals surface area (Å²) in [7, 11) is 0. The van der Waals surface area contributed by atoms with Crippen LogP contribution in [-0.4, -0.2) is 58.6 Å². The molecule has 2 aromatic carbocycles. The quantitative estimate of drug-likeness (QED) is 0.603. The van der Waals surface area contributed by atoms with Crippen LogP contribution < -0.4 is 4.74 Å². The lowest BCUT2D eigenvalue weighted by molar-refractivity contribution is 0.0614. The molecule has 8 heteroatoms. The number of carbonyl (C=O) groups excluding carboxylic acids is 1. The number of piperazine rings is 1. The third-order valence-corrected chi connectivity index (χ3v) is 5.33. The van der Waals surface area contributed by atoms with Gasteiger partial charge in [0.25, 0.3) is 5.91 Å². The molecule has 162 valence electrons. The summed E-state index contributed by atoms with van der Waals surface area (Å²) in [6.07, 6.45) is 0. The lowest BCUT2D eigenvalue weighted by atomic mass is 10.1. The topological polar surface area (TPSA) is 71.7 Å². The van der Waals surface area contributed by atoms with Gasteiger partial charge in [-0.05, 0) is 55.8 Å². The van der Waals surface area contributed by atoms with Crippen LogP contribution in [0.5, 0.6) is 5.75 Å². The molecule has 0 radical (unpaired) electrons. The van der Waals surface area contributed by atoms with Crippen LogP contribution in [0.15, 0.2) is 47.0 Å². The first kappa shape index (κ1) is 21.0. The van der Waals surface area contributed by atoms with Crippen molar-refractivity contribution in [3.8, 4) is 17.1 Å². The first-order valence-electron chi connectivity index (χ1n) is 10.4. The molecule has 0 aliphatic carbocycles. The molecule has 3 aromatic rings. The van der Waals surface area contributed by atoms with Gasteiger partial charge in [0.1, 0.15) is 11.6 Å². The van der Waals surface area contributed by atoms with Crippen LogP contribution in [0.3, 0.4) is 0 Å². The van der Waals surface area contributed by atoms with Crippen LogP contribution in [0, 0.1) is 12.7 Å². The van der Waals surface area contributed by atoms with Gasteiger partial charge in [0.15, 0.2) is 0 Å². The minimum atomic E-state index is -0.357. The number of aryl methyl sites for hydroxylation is 1. The fourth-order valence-electron chi connectivity index (χ4n) is 3.51. The van der Waals surface area contributed by atoms with Crippen molar-refractivity contribution in [3.05, 3.63) is 65.3 Å². The Morgan fingerprint density at radius 1 is 1.13 bits per heavy atom. The van der Waals surface area contributed by atoms with Gasteiger partial charge in [0, 0.05) is 37.3 Å². The van der Waals surface area contributed by atoms with Crippen LogP contribution in [0.2, 0.25) is 0 Å². The minimum absolute atomic E-state index is 0.144. The van der Waals surface area contributed by atoms with E-state index < -0.39 is 0 Å². The molecule has 0 spiro atoms. The Kier molecular flexibility index (Phi) is 6.27. The van der Waals surface area contributed by atoms with Crippen LogP contribution in [-0.2, 0) is 6.54 Å². The average molecular weight is 424 g/mol. The van der Waals surface area contributed by atoms with E-state index >= 15 is 0 Å². The molecule has 1 amide bonds. The number of amides is 1. The molecule has 0 atom stereocenters. The number of hydrogen-bond acceptors (Lipinski definition) is 6. The zero-order chi connectivity index (χ0) is 21.8. The predicted molar refractivity (Wildman–Crippen MR) is 113 cm³/mol. The highest BCUT2D eigenvalue weighted by molar-refractivity contribution is 5.94. The van der Waals surface area contributed by atoms with Gasteiger partial charge in [0.05, 0.1) is 13.2 Å². The Balaban J connectivity index is 1.32. The van der Waals surface area contributed by atoms with E-state index in [-0.39, 0.29) is 11.7 Å². The van der Waals surface area contributed by atoms with Gasteiger partial charge in [-0.3, -0.25) is 9.69 Å². The van der Waals surface area contributed by atoms with Gasteiger partial charge < -0.3 is 14.2 Å². The Morgan fingerprint density at radius 2 is 1.87 bits per heavy atom. The highest BCUT2D eigenvalue weighted by atomic mass is 19.1. The molecule has 0 unspecified atom stereocenters. The maximum absolute atomic E-state index is 13.8. The number of nitrogens with zero attached hydrogens (tertiary/aromatic N) is 4. The molecule has 0 saturated carbocycles. The van der Waals surface area contributed by atoms with Gasteiger partial charge in [0.2, 0.25) is 11.7 Å². The summed E-state index contributed by atoms with van der Waals surface area (Å²) in [6.45, 7) is 7.25. The number of halogens is 1. The molecule has 1 fully saturated rings. The van der Waals surface area contributed by atoms with Crippen LogP contribution in [0.4, 0.5) is 4.39 Å². The maximum atomic E-state index is 13.8. The summed E-state index contributed by atoms with van der Waals surface area (Å²) >= 11 is 0. The number of rotatable bonds is 6. The van der Waals surface area contributed by atoms with E-state index in [1.54, 1.807) is 24.0 Å². The summed E-state index contributed by atoms with van der Waals surface area (Å²) in [5.41, 5.74) is 1.78. The minimum Gasteiger partial charge on any atom is -0.494 e. The van der Waals surface area contributed by atoms with Gasteiger partial charge in [-0.2, -0.15) is 4.98 Å². The zero-order valence-corrected chi connectivity index (χ0v) is 17.7. The predicted octanol–water partition coefficient (Wildman–Crippen LogP) is 3.54. The molecule has 1 aliphatic rings. The molecular weight excluding hydrogens is 399 g/mol. The van der Waals surface area contributed by atoms with Gasteiger partial charge >= 0.3 is 0 Å². The molecule has 2 heterocycles. The summed E-state index contributed by atoms with van der Waals surface area (Å²) < 4.78 is 24.6. The number of hydrogen-bond donors (Lipinski definition) is 0. The molecule has 7 nitrogen and oxygen atoms in total. The lowest BCUT2D eigenvalue weighted by Crippen LogP contribution is -2.48. The Hall–Kier alpha value is -3.26. The third kappa shape index (κ3) is 4.91. The Morgan fingerprint density at radius 3 is 2.55 bits per heavy atom. The number of aromatic nitrogens is 2.